The van der Waals surface area contributed by atoms with Crippen molar-refractivity contribution in [3.8, 4) is 0 Å². The van der Waals surface area contributed by atoms with E-state index in [2.05, 4.69) is 0 Å². The van der Waals surface area contributed by atoms with E-state index in [0.29, 0.717) is 12.8 Å². The van der Waals surface area contributed by atoms with Gasteiger partial charge in [-0.05, 0) is 12.8 Å². The molecule has 0 aromatic heterocycles. The smallest absolute Gasteiger partial charge is 0.266 e. The van der Waals surface area contributed by atoms with E-state index in [1.165, 1.54) is 12.2 Å². The zero-order chi connectivity index (χ0) is 16.9. The minimum absolute atomic E-state index is 0.0109. The molecule has 132 valence electrons. The van der Waals surface area contributed by atoms with Gasteiger partial charge in [0.05, 0.1) is 24.7 Å². The molecular formula is C14H28O6S2. The van der Waals surface area contributed by atoms with Crippen molar-refractivity contribution < 1.29 is 25.2 Å². The van der Waals surface area contributed by atoms with Crippen LogP contribution >= 0.6 is 0 Å². The molecule has 8 heteroatoms. The highest BCUT2D eigenvalue weighted by molar-refractivity contribution is 7.86. The fraction of sp³-hybridized carbons (Fsp3) is 0.857. The largest absolute Gasteiger partial charge is 0.267 e. The predicted octanol–water partition coefficient (Wildman–Crippen LogP) is 2.62. The van der Waals surface area contributed by atoms with Gasteiger partial charge in [-0.15, -0.1) is 0 Å². The lowest BCUT2D eigenvalue weighted by Crippen LogP contribution is -2.11. The molecule has 0 heterocycles. The average molecular weight is 357 g/mol. The molecule has 0 bridgehead atoms. The molecule has 0 aliphatic heterocycles. The van der Waals surface area contributed by atoms with E-state index in [1.807, 2.05) is 13.8 Å². The lowest BCUT2D eigenvalue weighted by molar-refractivity contribution is 0.344. The van der Waals surface area contributed by atoms with Crippen LogP contribution in [0.4, 0.5) is 0 Å². The first-order valence-corrected chi connectivity index (χ1v) is 10.9. The molecule has 6 nitrogen and oxygen atoms in total. The molecule has 0 N–H and O–H groups in total. The fourth-order valence-electron chi connectivity index (χ4n) is 1.60. The SMILES string of the molecule is CCCCCS(=O)(=O)OCC=CCOS(=O)(=O)CCCCC. The first-order chi connectivity index (χ1) is 10.3. The van der Waals surface area contributed by atoms with Crippen molar-refractivity contribution in [1.82, 2.24) is 0 Å². The molecule has 0 rings (SSSR count). The summed E-state index contributed by atoms with van der Waals surface area (Å²) in [6.07, 6.45) is 7.64. The van der Waals surface area contributed by atoms with Crippen LogP contribution in [0.25, 0.3) is 0 Å². The molecule has 0 unspecified atom stereocenters. The van der Waals surface area contributed by atoms with Gasteiger partial charge in [-0.25, -0.2) is 0 Å². The predicted molar refractivity (Wildman–Crippen MR) is 87.7 cm³/mol. The molecule has 0 spiro atoms. The molecule has 0 aromatic carbocycles. The van der Waals surface area contributed by atoms with Gasteiger partial charge in [0.2, 0.25) is 0 Å². The van der Waals surface area contributed by atoms with Gasteiger partial charge in [0.25, 0.3) is 20.2 Å². The third-order valence-corrected chi connectivity index (χ3v) is 5.42. The monoisotopic (exact) mass is 356 g/mol. The van der Waals surface area contributed by atoms with Crippen LogP contribution in [0, 0.1) is 0 Å². The topological polar surface area (TPSA) is 86.7 Å². The van der Waals surface area contributed by atoms with E-state index < -0.39 is 20.2 Å². The summed E-state index contributed by atoms with van der Waals surface area (Å²) in [6.45, 7) is 3.78. The van der Waals surface area contributed by atoms with E-state index in [4.69, 9.17) is 8.37 Å². The van der Waals surface area contributed by atoms with E-state index in [9.17, 15) is 16.8 Å². The summed E-state index contributed by atoms with van der Waals surface area (Å²) in [7, 11) is -6.99. The standard InChI is InChI=1S/C14H28O6S2/c1-3-5-9-13-21(15,16)19-11-7-8-12-20-22(17,18)14-10-6-4-2/h7-8H,3-6,9-14H2,1-2H3. The highest BCUT2D eigenvalue weighted by Gasteiger charge is 2.10. The normalized spacial score (nSPS) is 13.0. The number of hydrogen-bond acceptors (Lipinski definition) is 6. The maximum Gasteiger partial charge on any atom is 0.267 e. The minimum atomic E-state index is -3.49. The zero-order valence-corrected chi connectivity index (χ0v) is 15.1. The number of rotatable bonds is 14. The molecular weight excluding hydrogens is 328 g/mol. The van der Waals surface area contributed by atoms with Gasteiger partial charge in [-0.2, -0.15) is 16.8 Å². The second-order valence-corrected chi connectivity index (χ2v) is 8.50. The molecule has 0 aromatic rings. The summed E-state index contributed by atoms with van der Waals surface area (Å²) < 4.78 is 55.4. The van der Waals surface area contributed by atoms with E-state index in [1.54, 1.807) is 0 Å². The van der Waals surface area contributed by atoms with Crippen molar-refractivity contribution in [2.24, 2.45) is 0 Å². The summed E-state index contributed by atoms with van der Waals surface area (Å²) in [5, 5.41) is 0. The zero-order valence-electron chi connectivity index (χ0n) is 13.5. The molecule has 0 amide bonds. The van der Waals surface area contributed by atoms with Crippen molar-refractivity contribution in [3.05, 3.63) is 12.2 Å². The van der Waals surface area contributed by atoms with E-state index >= 15 is 0 Å². The highest BCUT2D eigenvalue weighted by atomic mass is 32.2. The van der Waals surface area contributed by atoms with Gasteiger partial charge >= 0.3 is 0 Å². The van der Waals surface area contributed by atoms with Crippen LogP contribution in [0.3, 0.4) is 0 Å². The third kappa shape index (κ3) is 13.2. The van der Waals surface area contributed by atoms with Gasteiger partial charge in [0.15, 0.2) is 0 Å². The summed E-state index contributed by atoms with van der Waals surface area (Å²) in [5.41, 5.74) is 0. The summed E-state index contributed by atoms with van der Waals surface area (Å²) in [6, 6.07) is 0. The van der Waals surface area contributed by atoms with Crippen molar-refractivity contribution >= 4 is 20.2 Å². The number of hydrogen-bond donors (Lipinski definition) is 0. The van der Waals surface area contributed by atoms with Crippen LogP contribution in [0.15, 0.2) is 12.2 Å². The maximum absolute atomic E-state index is 11.5. The van der Waals surface area contributed by atoms with Crippen LogP contribution in [0.1, 0.15) is 52.4 Å². The summed E-state index contributed by atoms with van der Waals surface area (Å²) in [5.74, 6) is 0.0218. The summed E-state index contributed by atoms with van der Waals surface area (Å²) >= 11 is 0. The van der Waals surface area contributed by atoms with E-state index in [0.717, 1.165) is 25.7 Å². The first-order valence-electron chi connectivity index (χ1n) is 7.72. The second kappa shape index (κ2) is 12.0. The maximum atomic E-state index is 11.5. The molecule has 0 saturated heterocycles. The van der Waals surface area contributed by atoms with Gasteiger partial charge in [0, 0.05) is 0 Å². The Labute approximate surface area is 135 Å². The minimum Gasteiger partial charge on any atom is -0.266 e. The van der Waals surface area contributed by atoms with Crippen LogP contribution in [-0.2, 0) is 28.6 Å². The van der Waals surface area contributed by atoms with Crippen molar-refractivity contribution in [2.45, 2.75) is 52.4 Å². The second-order valence-electron chi connectivity index (χ2n) is 4.98. The highest BCUT2D eigenvalue weighted by Crippen LogP contribution is 2.03. The summed E-state index contributed by atoms with van der Waals surface area (Å²) in [4.78, 5) is 0. The molecule has 22 heavy (non-hydrogen) atoms. The van der Waals surface area contributed by atoms with Crippen molar-refractivity contribution in [1.29, 1.82) is 0 Å². The van der Waals surface area contributed by atoms with Crippen LogP contribution in [-0.4, -0.2) is 41.6 Å². The Morgan fingerprint density at radius 2 is 1.05 bits per heavy atom. The average Bonchev–Trinajstić information content (AvgIpc) is 2.43. The lowest BCUT2D eigenvalue weighted by atomic mass is 10.3. The lowest BCUT2D eigenvalue weighted by Gasteiger charge is -2.03. The Balaban J connectivity index is 3.86. The third-order valence-electron chi connectivity index (χ3n) is 2.85. The first kappa shape index (κ1) is 21.6. The quantitative estimate of drug-likeness (QED) is 0.270. The Kier molecular flexibility index (Phi) is 11.8. The van der Waals surface area contributed by atoms with Crippen LogP contribution < -0.4 is 0 Å². The van der Waals surface area contributed by atoms with Gasteiger partial charge < -0.3 is 0 Å². The number of unbranched alkanes of at least 4 members (excludes halogenated alkanes) is 4. The van der Waals surface area contributed by atoms with Gasteiger partial charge in [-0.3, -0.25) is 8.37 Å². The van der Waals surface area contributed by atoms with Crippen molar-refractivity contribution in [2.75, 3.05) is 24.7 Å². The fourth-order valence-corrected chi connectivity index (χ4v) is 3.52. The Morgan fingerprint density at radius 3 is 1.36 bits per heavy atom. The molecule has 0 saturated carbocycles. The van der Waals surface area contributed by atoms with Gasteiger partial charge in [-0.1, -0.05) is 51.7 Å². The Bertz CT molecular complexity index is 447. The Morgan fingerprint density at radius 1 is 0.682 bits per heavy atom. The van der Waals surface area contributed by atoms with E-state index in [-0.39, 0.29) is 24.7 Å². The molecule has 0 fully saturated rings. The van der Waals surface area contributed by atoms with Crippen LogP contribution in [0.2, 0.25) is 0 Å². The van der Waals surface area contributed by atoms with Crippen molar-refractivity contribution in [3.63, 3.8) is 0 Å². The molecule has 0 aliphatic rings. The van der Waals surface area contributed by atoms with Gasteiger partial charge in [0.1, 0.15) is 0 Å². The molecule has 0 radical (unpaired) electrons. The molecule has 0 aliphatic carbocycles. The molecule has 0 atom stereocenters. The Hall–Kier alpha value is -0.440. The van der Waals surface area contributed by atoms with Crippen LogP contribution in [0.5, 0.6) is 0 Å².